The molecule has 0 saturated heterocycles. The van der Waals surface area contributed by atoms with Gasteiger partial charge in [-0.1, -0.05) is 153 Å². The molecule has 6 aromatic rings. The van der Waals surface area contributed by atoms with Crippen molar-refractivity contribution in [3.05, 3.63) is 223 Å². The van der Waals surface area contributed by atoms with E-state index in [2.05, 4.69) is 184 Å². The van der Waals surface area contributed by atoms with Crippen molar-refractivity contribution in [2.75, 3.05) is 0 Å². The molecule has 0 aliphatic carbocycles. The van der Waals surface area contributed by atoms with Crippen molar-refractivity contribution in [2.24, 2.45) is 4.99 Å². The zero-order valence-corrected chi connectivity index (χ0v) is 31.9. The highest BCUT2D eigenvalue weighted by Crippen LogP contribution is 2.38. The lowest BCUT2D eigenvalue weighted by Crippen LogP contribution is -2.23. The first-order valence-electron chi connectivity index (χ1n) is 18.6. The molecule has 0 aliphatic rings. The summed E-state index contributed by atoms with van der Waals surface area (Å²) in [7, 11) is 0. The van der Waals surface area contributed by atoms with Gasteiger partial charge in [0, 0.05) is 27.7 Å². The highest BCUT2D eigenvalue weighted by atomic mass is 15.0. The van der Waals surface area contributed by atoms with Crippen LogP contribution in [0.3, 0.4) is 0 Å². The third-order valence-electron chi connectivity index (χ3n) is 9.75. The van der Waals surface area contributed by atoms with E-state index in [0.29, 0.717) is 0 Å². The summed E-state index contributed by atoms with van der Waals surface area (Å²) < 4.78 is 2.36. The van der Waals surface area contributed by atoms with Gasteiger partial charge in [0.15, 0.2) is 0 Å². The van der Waals surface area contributed by atoms with Gasteiger partial charge in [-0.05, 0) is 104 Å². The van der Waals surface area contributed by atoms with Crippen LogP contribution in [-0.2, 0) is 0 Å². The normalized spacial score (nSPS) is 13.4. The lowest BCUT2D eigenvalue weighted by Gasteiger charge is -2.17. The number of allylic oxidation sites excluding steroid dienone is 10. The topological polar surface area (TPSA) is 29.3 Å². The predicted molar refractivity (Wildman–Crippen MR) is 235 cm³/mol. The molecule has 0 unspecified atom stereocenters. The Morgan fingerprint density at radius 2 is 1.44 bits per heavy atom. The molecule has 3 heteroatoms. The molecule has 54 heavy (non-hydrogen) atoms. The van der Waals surface area contributed by atoms with Crippen LogP contribution < -0.4 is 5.32 Å². The van der Waals surface area contributed by atoms with E-state index in [4.69, 9.17) is 4.99 Å². The van der Waals surface area contributed by atoms with Gasteiger partial charge in [0.05, 0.1) is 17.1 Å². The molecule has 0 saturated carbocycles. The average molecular weight is 704 g/mol. The Balaban J connectivity index is 1.41. The SMILES string of the molecule is C=C/C(C/C=C\C=C(/C(=C)C)c1cccc2c1c1ccccc1n2-c1ccc(C(=N[C@H](C)c2ccccc2)NC(=C)c2ccccc2)cc1)=C(C)\C=C/C. The van der Waals surface area contributed by atoms with E-state index >= 15 is 0 Å². The van der Waals surface area contributed by atoms with Gasteiger partial charge < -0.3 is 9.88 Å². The van der Waals surface area contributed by atoms with Crippen LogP contribution in [0.25, 0.3) is 38.8 Å². The summed E-state index contributed by atoms with van der Waals surface area (Å²) in [6, 6.07) is 44.4. The third kappa shape index (κ3) is 8.27. The Bertz CT molecular complexity index is 2450. The van der Waals surface area contributed by atoms with Crippen LogP contribution in [0, 0.1) is 0 Å². The average Bonchev–Trinajstić information content (AvgIpc) is 3.54. The molecule has 0 aliphatic heterocycles. The largest absolute Gasteiger partial charge is 0.340 e. The first kappa shape index (κ1) is 37.3. The molecule has 3 nitrogen and oxygen atoms in total. The van der Waals surface area contributed by atoms with Crippen molar-refractivity contribution in [3.63, 3.8) is 0 Å². The number of fused-ring (bicyclic) bond motifs is 3. The molecule has 0 spiro atoms. The maximum absolute atomic E-state index is 5.19. The number of aromatic nitrogens is 1. The van der Waals surface area contributed by atoms with E-state index in [9.17, 15) is 0 Å². The summed E-state index contributed by atoms with van der Waals surface area (Å²) in [6.07, 6.45) is 13.5. The van der Waals surface area contributed by atoms with Crippen molar-refractivity contribution >= 4 is 38.9 Å². The maximum Gasteiger partial charge on any atom is 0.133 e. The highest BCUT2D eigenvalue weighted by Gasteiger charge is 2.18. The molecule has 0 bridgehead atoms. The smallest absolute Gasteiger partial charge is 0.133 e. The number of hydrogen-bond acceptors (Lipinski definition) is 1. The molecule has 1 aromatic heterocycles. The van der Waals surface area contributed by atoms with Gasteiger partial charge in [-0.3, -0.25) is 4.99 Å². The van der Waals surface area contributed by atoms with Gasteiger partial charge in [0.2, 0.25) is 0 Å². The van der Waals surface area contributed by atoms with E-state index in [-0.39, 0.29) is 6.04 Å². The summed E-state index contributed by atoms with van der Waals surface area (Å²) in [5.41, 5.74) is 13.0. The van der Waals surface area contributed by atoms with Crippen molar-refractivity contribution in [3.8, 4) is 5.69 Å². The maximum atomic E-state index is 5.19. The number of rotatable bonds is 13. The van der Waals surface area contributed by atoms with Crippen molar-refractivity contribution in [1.29, 1.82) is 0 Å². The quantitative estimate of drug-likeness (QED) is 0.0724. The molecule has 268 valence electrons. The van der Waals surface area contributed by atoms with Crippen LogP contribution in [0.1, 0.15) is 62.4 Å². The Kier molecular flexibility index (Phi) is 12.0. The van der Waals surface area contributed by atoms with Crippen LogP contribution in [0.4, 0.5) is 0 Å². The minimum atomic E-state index is -0.0547. The third-order valence-corrected chi connectivity index (χ3v) is 9.75. The summed E-state index contributed by atoms with van der Waals surface area (Å²) in [5.74, 6) is 0.772. The fourth-order valence-electron chi connectivity index (χ4n) is 6.91. The van der Waals surface area contributed by atoms with E-state index < -0.39 is 0 Å². The fourth-order valence-corrected chi connectivity index (χ4v) is 6.91. The number of benzene rings is 5. The van der Waals surface area contributed by atoms with Gasteiger partial charge in [-0.25, -0.2) is 0 Å². The summed E-state index contributed by atoms with van der Waals surface area (Å²) >= 11 is 0. The summed E-state index contributed by atoms with van der Waals surface area (Å²) in [4.78, 5) is 5.19. The van der Waals surface area contributed by atoms with Gasteiger partial charge in [-0.15, -0.1) is 0 Å². The molecule has 0 amide bonds. The molecule has 0 fully saturated rings. The minimum Gasteiger partial charge on any atom is -0.340 e. The van der Waals surface area contributed by atoms with E-state index in [1.807, 2.05) is 37.3 Å². The standard InChI is InChI=1S/C51H49N3/c1-8-21-37(5)40(9-2)22-16-17-27-45(36(3)4)46-29-20-31-49-50(46)47-28-18-19-30-48(47)54(49)44-34-32-43(33-35-44)51(52-38(6)41-23-12-10-13-24-41)53-39(7)42-25-14-11-15-26-42/h8-21,23-35,39H,2-3,6,22H2,1,4-5,7H3,(H,52,53)/b17-16-,21-8-,40-37+,45-27+/t39-/m1/s1. The minimum absolute atomic E-state index is 0.0547. The Hall–Kier alpha value is -6.45. The number of nitrogens with one attached hydrogen (secondary N) is 1. The van der Waals surface area contributed by atoms with Gasteiger partial charge in [0.25, 0.3) is 0 Å². The van der Waals surface area contributed by atoms with Crippen LogP contribution in [-0.4, -0.2) is 10.4 Å². The molecule has 0 radical (unpaired) electrons. The molecule has 1 N–H and O–H groups in total. The van der Waals surface area contributed by atoms with E-state index in [1.165, 1.54) is 21.9 Å². The van der Waals surface area contributed by atoms with Crippen LogP contribution in [0.15, 0.2) is 205 Å². The van der Waals surface area contributed by atoms with Crippen molar-refractivity contribution in [1.82, 2.24) is 9.88 Å². The number of hydrogen-bond donors (Lipinski definition) is 1. The molecule has 6 rings (SSSR count). The number of aliphatic imine (C=N–C) groups is 1. The van der Waals surface area contributed by atoms with Crippen molar-refractivity contribution < 1.29 is 0 Å². The molecule has 1 atom stereocenters. The van der Waals surface area contributed by atoms with Gasteiger partial charge in [-0.2, -0.15) is 0 Å². The summed E-state index contributed by atoms with van der Waals surface area (Å²) in [5, 5.41) is 5.95. The number of amidine groups is 1. The Morgan fingerprint density at radius 1 is 0.778 bits per heavy atom. The second-order valence-corrected chi connectivity index (χ2v) is 13.5. The van der Waals surface area contributed by atoms with Gasteiger partial charge >= 0.3 is 0 Å². The first-order chi connectivity index (χ1) is 26.3. The lowest BCUT2D eigenvalue weighted by molar-refractivity contribution is 0.814. The Labute approximate surface area is 321 Å². The second kappa shape index (κ2) is 17.4. The second-order valence-electron chi connectivity index (χ2n) is 13.5. The zero-order chi connectivity index (χ0) is 38.0. The van der Waals surface area contributed by atoms with Crippen LogP contribution in [0.2, 0.25) is 0 Å². The molecular formula is C51H49N3. The monoisotopic (exact) mass is 703 g/mol. The Morgan fingerprint density at radius 3 is 2.13 bits per heavy atom. The van der Waals surface area contributed by atoms with E-state index in [0.717, 1.165) is 68.1 Å². The predicted octanol–water partition coefficient (Wildman–Crippen LogP) is 13.5. The number of nitrogens with zero attached hydrogens (tertiary/aromatic N) is 2. The fraction of sp³-hybridized carbons (Fsp3) is 0.118. The molecule has 5 aromatic carbocycles. The summed E-state index contributed by atoms with van der Waals surface area (Å²) in [6.45, 7) is 21.2. The molecule has 1 heterocycles. The lowest BCUT2D eigenvalue weighted by atomic mass is 9.94. The van der Waals surface area contributed by atoms with Crippen LogP contribution in [0.5, 0.6) is 0 Å². The van der Waals surface area contributed by atoms with Crippen molar-refractivity contribution in [2.45, 2.75) is 40.2 Å². The first-order valence-corrected chi connectivity index (χ1v) is 18.6. The zero-order valence-electron chi connectivity index (χ0n) is 31.9. The van der Waals surface area contributed by atoms with Gasteiger partial charge in [0.1, 0.15) is 5.84 Å². The molecular weight excluding hydrogens is 655 g/mol. The number of para-hydroxylation sites is 1. The van der Waals surface area contributed by atoms with Crippen LogP contribution >= 0.6 is 0 Å². The van der Waals surface area contributed by atoms with E-state index in [1.54, 1.807) is 0 Å². The highest BCUT2D eigenvalue weighted by molar-refractivity contribution is 6.15.